The first-order valence-corrected chi connectivity index (χ1v) is 8.38. The second kappa shape index (κ2) is 5.25. The van der Waals surface area contributed by atoms with Crippen molar-refractivity contribution < 1.29 is 4.39 Å². The highest BCUT2D eigenvalue weighted by molar-refractivity contribution is 9.08. The number of hydrogen-bond acceptors (Lipinski definition) is 2. The van der Waals surface area contributed by atoms with Crippen molar-refractivity contribution in [2.45, 2.75) is 24.7 Å². The van der Waals surface area contributed by atoms with E-state index >= 15 is 0 Å². The second-order valence-electron chi connectivity index (χ2n) is 4.79. The highest BCUT2D eigenvalue weighted by Gasteiger charge is 2.26. The normalized spacial score (nSPS) is 18.5. The fourth-order valence-electron chi connectivity index (χ4n) is 2.79. The minimum absolute atomic E-state index is 0.127. The van der Waals surface area contributed by atoms with Crippen molar-refractivity contribution >= 4 is 33.0 Å². The summed E-state index contributed by atoms with van der Waals surface area (Å²) >= 11 is 5.23. The maximum Gasteiger partial charge on any atom is 0.129 e. The summed E-state index contributed by atoms with van der Waals surface area (Å²) in [7, 11) is 0. The van der Waals surface area contributed by atoms with E-state index in [1.54, 1.807) is 6.07 Å². The van der Waals surface area contributed by atoms with E-state index in [1.165, 1.54) is 16.5 Å². The number of fused-ring (bicyclic) bond motifs is 1. The van der Waals surface area contributed by atoms with E-state index in [0.717, 1.165) is 24.2 Å². The van der Waals surface area contributed by atoms with Crippen LogP contribution in [0.4, 0.5) is 10.1 Å². The van der Waals surface area contributed by atoms with Crippen molar-refractivity contribution in [2.75, 3.05) is 11.4 Å². The molecule has 0 saturated carbocycles. The lowest BCUT2D eigenvalue weighted by atomic mass is 9.99. The van der Waals surface area contributed by atoms with Crippen molar-refractivity contribution in [3.63, 3.8) is 0 Å². The highest BCUT2D eigenvalue weighted by Crippen LogP contribution is 2.38. The van der Waals surface area contributed by atoms with Crippen LogP contribution in [0.2, 0.25) is 0 Å². The average Bonchev–Trinajstić information content (AvgIpc) is 2.88. The molecule has 1 atom stereocenters. The van der Waals surface area contributed by atoms with Crippen LogP contribution >= 0.6 is 27.3 Å². The molecule has 0 spiro atoms. The van der Waals surface area contributed by atoms with Gasteiger partial charge in [0.15, 0.2) is 0 Å². The lowest BCUT2D eigenvalue weighted by Crippen LogP contribution is -2.33. The average molecular weight is 340 g/mol. The van der Waals surface area contributed by atoms with Crippen molar-refractivity contribution in [3.8, 4) is 0 Å². The Hall–Kier alpha value is -0.870. The van der Waals surface area contributed by atoms with Crippen LogP contribution in [0.15, 0.2) is 29.6 Å². The van der Waals surface area contributed by atoms with Crippen molar-refractivity contribution in [3.05, 3.63) is 51.5 Å². The molecule has 2 heterocycles. The second-order valence-corrected chi connectivity index (χ2v) is 6.35. The quantitative estimate of drug-likeness (QED) is 0.703. The van der Waals surface area contributed by atoms with Crippen molar-refractivity contribution in [1.29, 1.82) is 0 Å². The zero-order chi connectivity index (χ0) is 13.4. The monoisotopic (exact) mass is 339 g/mol. The number of nitrogens with zero attached hydrogens (tertiary/aromatic N) is 1. The molecule has 0 amide bonds. The lowest BCUT2D eigenvalue weighted by Gasteiger charge is -2.36. The molecule has 2 aromatic rings. The third kappa shape index (κ3) is 2.21. The first kappa shape index (κ1) is 13.1. The van der Waals surface area contributed by atoms with Gasteiger partial charge in [0, 0.05) is 28.0 Å². The summed E-state index contributed by atoms with van der Waals surface area (Å²) in [4.78, 5) is 3.79. The van der Waals surface area contributed by atoms with Crippen LogP contribution in [0.1, 0.15) is 29.0 Å². The molecule has 0 N–H and O–H groups in total. The Morgan fingerprint density at radius 3 is 3.05 bits per heavy atom. The Morgan fingerprint density at radius 1 is 1.42 bits per heavy atom. The molecule has 3 rings (SSSR count). The van der Waals surface area contributed by atoms with Gasteiger partial charge < -0.3 is 4.90 Å². The standard InChI is InChI=1S/C15H15BrFNS/c1-10-11-6-8-19-15(11)5-7-18(10)14-4-2-3-13(17)12(14)9-16/h2-4,6,8,10H,5,7,9H2,1H3. The first-order valence-electron chi connectivity index (χ1n) is 6.38. The van der Waals surface area contributed by atoms with E-state index in [0.29, 0.717) is 11.4 Å². The van der Waals surface area contributed by atoms with E-state index in [2.05, 4.69) is 39.2 Å². The van der Waals surface area contributed by atoms with Gasteiger partial charge in [0.25, 0.3) is 0 Å². The Morgan fingerprint density at radius 2 is 2.26 bits per heavy atom. The predicted octanol–water partition coefficient (Wildman–Crippen LogP) is 4.91. The van der Waals surface area contributed by atoms with E-state index in [9.17, 15) is 4.39 Å². The van der Waals surface area contributed by atoms with E-state index in [1.807, 2.05) is 17.4 Å². The van der Waals surface area contributed by atoms with Gasteiger partial charge in [-0.25, -0.2) is 4.39 Å². The lowest BCUT2D eigenvalue weighted by molar-refractivity contribution is 0.602. The van der Waals surface area contributed by atoms with Crippen LogP contribution in [-0.4, -0.2) is 6.54 Å². The number of anilines is 1. The molecule has 0 saturated heterocycles. The molecular formula is C15H15BrFNS. The zero-order valence-corrected chi connectivity index (χ0v) is 13.1. The van der Waals surface area contributed by atoms with Gasteiger partial charge in [0.05, 0.1) is 6.04 Å². The molecule has 1 aromatic heterocycles. The van der Waals surface area contributed by atoms with Crippen LogP contribution in [0.3, 0.4) is 0 Å². The molecule has 0 bridgehead atoms. The van der Waals surface area contributed by atoms with Crippen LogP contribution < -0.4 is 4.90 Å². The van der Waals surface area contributed by atoms with Crippen LogP contribution in [0, 0.1) is 5.82 Å². The maximum atomic E-state index is 13.9. The minimum Gasteiger partial charge on any atom is -0.364 e. The summed E-state index contributed by atoms with van der Waals surface area (Å²) in [5.41, 5.74) is 3.16. The van der Waals surface area contributed by atoms with Gasteiger partial charge in [-0.2, -0.15) is 0 Å². The molecule has 1 aliphatic heterocycles. The molecule has 0 radical (unpaired) electrons. The van der Waals surface area contributed by atoms with Crippen LogP contribution in [0.5, 0.6) is 0 Å². The molecule has 1 nitrogen and oxygen atoms in total. The zero-order valence-electron chi connectivity index (χ0n) is 10.7. The van der Waals surface area contributed by atoms with Crippen molar-refractivity contribution in [1.82, 2.24) is 0 Å². The first-order chi connectivity index (χ1) is 9.22. The molecular weight excluding hydrogens is 325 g/mol. The van der Waals surface area contributed by atoms with Crippen LogP contribution in [0.25, 0.3) is 0 Å². The Kier molecular flexibility index (Phi) is 3.63. The van der Waals surface area contributed by atoms with E-state index in [4.69, 9.17) is 0 Å². The van der Waals surface area contributed by atoms with Gasteiger partial charge >= 0.3 is 0 Å². The summed E-state index contributed by atoms with van der Waals surface area (Å²) < 4.78 is 13.9. The smallest absolute Gasteiger partial charge is 0.129 e. The summed E-state index contributed by atoms with van der Waals surface area (Å²) in [6, 6.07) is 7.86. The molecule has 1 aromatic carbocycles. The molecule has 1 unspecified atom stereocenters. The summed E-state index contributed by atoms with van der Waals surface area (Å²) in [6.45, 7) is 3.16. The van der Waals surface area contributed by atoms with Gasteiger partial charge in [0.2, 0.25) is 0 Å². The third-order valence-corrected chi connectivity index (χ3v) is 5.37. The number of rotatable bonds is 2. The molecule has 100 valence electrons. The van der Waals surface area contributed by atoms with Crippen molar-refractivity contribution in [2.24, 2.45) is 0 Å². The SMILES string of the molecule is CC1c2ccsc2CCN1c1cccc(F)c1CBr. The molecule has 19 heavy (non-hydrogen) atoms. The molecule has 0 aliphatic carbocycles. The van der Waals surface area contributed by atoms with Gasteiger partial charge in [-0.3, -0.25) is 0 Å². The van der Waals surface area contributed by atoms with E-state index in [-0.39, 0.29) is 5.82 Å². The summed E-state index contributed by atoms with van der Waals surface area (Å²) in [5, 5.41) is 2.70. The maximum absolute atomic E-state index is 13.9. The Bertz CT molecular complexity index is 596. The van der Waals surface area contributed by atoms with E-state index < -0.39 is 0 Å². The fourth-order valence-corrected chi connectivity index (χ4v) is 4.31. The summed E-state index contributed by atoms with van der Waals surface area (Å²) in [6.07, 6.45) is 1.05. The van der Waals surface area contributed by atoms with Gasteiger partial charge in [-0.1, -0.05) is 22.0 Å². The number of thiophene rings is 1. The number of alkyl halides is 1. The van der Waals surface area contributed by atoms with Gasteiger partial charge in [-0.15, -0.1) is 11.3 Å². The topological polar surface area (TPSA) is 3.24 Å². The molecule has 1 aliphatic rings. The van der Waals surface area contributed by atoms with Gasteiger partial charge in [-0.05, 0) is 42.5 Å². The molecule has 0 fully saturated rings. The molecule has 4 heteroatoms. The number of hydrogen-bond donors (Lipinski definition) is 0. The number of benzene rings is 1. The van der Waals surface area contributed by atoms with Crippen LogP contribution in [-0.2, 0) is 11.8 Å². The number of halogens is 2. The minimum atomic E-state index is -0.127. The summed E-state index contributed by atoms with van der Waals surface area (Å²) in [5.74, 6) is -0.127. The van der Waals surface area contributed by atoms with Gasteiger partial charge in [0.1, 0.15) is 5.82 Å². The Labute approximate surface area is 125 Å². The largest absolute Gasteiger partial charge is 0.364 e. The predicted molar refractivity (Wildman–Crippen MR) is 82.8 cm³/mol. The highest BCUT2D eigenvalue weighted by atomic mass is 79.9. The Balaban J connectivity index is 2.02. The fraction of sp³-hybridized carbons (Fsp3) is 0.333. The third-order valence-electron chi connectivity index (χ3n) is 3.81.